The van der Waals surface area contributed by atoms with E-state index in [0.717, 1.165) is 11.3 Å². The summed E-state index contributed by atoms with van der Waals surface area (Å²) in [5.74, 6) is -0.119. The average molecular weight is 285 g/mol. The van der Waals surface area contributed by atoms with Gasteiger partial charge in [0.2, 0.25) is 5.91 Å². The number of carbonyl (C=O) groups is 1. The lowest BCUT2D eigenvalue weighted by Crippen LogP contribution is -2.27. The minimum atomic E-state index is -0.178. The van der Waals surface area contributed by atoms with Crippen LogP contribution >= 0.6 is 0 Å². The van der Waals surface area contributed by atoms with Crippen molar-refractivity contribution in [2.24, 2.45) is 5.92 Å². The number of para-hydroxylation sites is 1. The van der Waals surface area contributed by atoms with Crippen LogP contribution < -0.4 is 5.32 Å². The van der Waals surface area contributed by atoms with Gasteiger partial charge in [-0.1, -0.05) is 25.1 Å². The van der Waals surface area contributed by atoms with Gasteiger partial charge in [0.15, 0.2) is 0 Å². The number of rotatable bonds is 6. The van der Waals surface area contributed by atoms with Crippen LogP contribution in [0.1, 0.15) is 12.5 Å². The fourth-order valence-corrected chi connectivity index (χ4v) is 1.71. The number of carbonyl (C=O) groups excluding carboxylic acids is 1. The highest BCUT2D eigenvalue weighted by Gasteiger charge is 2.02. The lowest BCUT2D eigenvalue weighted by atomic mass is 10.2. The van der Waals surface area contributed by atoms with E-state index in [0.29, 0.717) is 6.54 Å². The first kappa shape index (κ1) is 15.0. The minimum Gasteiger partial charge on any atom is -0.396 e. The van der Waals surface area contributed by atoms with Crippen molar-refractivity contribution < 1.29 is 9.90 Å². The van der Waals surface area contributed by atoms with Crippen LogP contribution in [0.15, 0.2) is 48.8 Å². The van der Waals surface area contributed by atoms with E-state index in [4.69, 9.17) is 5.11 Å². The van der Waals surface area contributed by atoms with Gasteiger partial charge in [-0.3, -0.25) is 4.79 Å². The summed E-state index contributed by atoms with van der Waals surface area (Å²) in [6.45, 7) is 2.39. The zero-order chi connectivity index (χ0) is 15.1. The molecule has 1 aromatic carbocycles. The highest BCUT2D eigenvalue weighted by atomic mass is 16.3. The highest BCUT2D eigenvalue weighted by molar-refractivity contribution is 5.91. The summed E-state index contributed by atoms with van der Waals surface area (Å²) in [4.78, 5) is 11.6. The van der Waals surface area contributed by atoms with E-state index in [2.05, 4.69) is 10.4 Å². The first-order valence-electron chi connectivity index (χ1n) is 6.86. The van der Waals surface area contributed by atoms with Crippen molar-refractivity contribution >= 4 is 12.0 Å². The number of benzene rings is 1. The summed E-state index contributed by atoms with van der Waals surface area (Å²) in [6, 6.07) is 9.77. The molecule has 5 heteroatoms. The van der Waals surface area contributed by atoms with Crippen molar-refractivity contribution in [1.29, 1.82) is 0 Å². The van der Waals surface area contributed by atoms with Crippen molar-refractivity contribution in [3.63, 3.8) is 0 Å². The summed E-state index contributed by atoms with van der Waals surface area (Å²) in [7, 11) is 0. The number of amides is 1. The molecule has 0 fully saturated rings. The Hall–Kier alpha value is -2.40. The van der Waals surface area contributed by atoms with Crippen molar-refractivity contribution in [1.82, 2.24) is 15.1 Å². The Bertz CT molecular complexity index is 605. The van der Waals surface area contributed by atoms with Crippen molar-refractivity contribution in [3.05, 3.63) is 54.4 Å². The standard InChI is InChI=1S/C16H19N3O2/c1-13(12-20)9-17-16(21)8-7-14-10-18-19(11-14)15-5-3-2-4-6-15/h2-8,10-11,13,20H,9,12H2,1H3,(H,17,21)/b8-7+. The molecular formula is C16H19N3O2. The molecule has 110 valence electrons. The second-order valence-corrected chi connectivity index (χ2v) is 4.92. The highest BCUT2D eigenvalue weighted by Crippen LogP contribution is 2.08. The molecule has 0 radical (unpaired) electrons. The Morgan fingerprint density at radius 1 is 1.43 bits per heavy atom. The van der Waals surface area contributed by atoms with Gasteiger partial charge in [0, 0.05) is 31.0 Å². The van der Waals surface area contributed by atoms with E-state index in [-0.39, 0.29) is 18.4 Å². The number of aromatic nitrogens is 2. The number of aliphatic hydroxyl groups excluding tert-OH is 1. The number of nitrogens with one attached hydrogen (secondary N) is 1. The third-order valence-electron chi connectivity index (χ3n) is 2.99. The number of hydrogen-bond acceptors (Lipinski definition) is 3. The molecule has 1 aromatic heterocycles. The second kappa shape index (κ2) is 7.40. The van der Waals surface area contributed by atoms with Gasteiger partial charge in [0.05, 0.1) is 11.9 Å². The molecule has 2 aromatic rings. The van der Waals surface area contributed by atoms with Crippen LogP contribution in [0.25, 0.3) is 11.8 Å². The third-order valence-corrected chi connectivity index (χ3v) is 2.99. The Labute approximate surface area is 123 Å². The van der Waals surface area contributed by atoms with E-state index in [1.165, 1.54) is 6.08 Å². The number of hydrogen-bond donors (Lipinski definition) is 2. The van der Waals surface area contributed by atoms with Crippen molar-refractivity contribution in [2.45, 2.75) is 6.92 Å². The summed E-state index contributed by atoms with van der Waals surface area (Å²) < 4.78 is 1.76. The normalized spacial score (nSPS) is 12.5. The van der Waals surface area contributed by atoms with Crippen molar-refractivity contribution in [2.75, 3.05) is 13.2 Å². The fraction of sp³-hybridized carbons (Fsp3) is 0.250. The molecule has 1 unspecified atom stereocenters. The summed E-state index contributed by atoms with van der Waals surface area (Å²) in [5, 5.41) is 15.9. The zero-order valence-electron chi connectivity index (χ0n) is 11.9. The molecule has 0 aliphatic rings. The van der Waals surface area contributed by atoms with Crippen LogP contribution in [-0.4, -0.2) is 33.9 Å². The van der Waals surface area contributed by atoms with Gasteiger partial charge in [-0.15, -0.1) is 0 Å². The van der Waals surface area contributed by atoms with Crippen LogP contribution in [0, 0.1) is 5.92 Å². The van der Waals surface area contributed by atoms with E-state index in [9.17, 15) is 4.79 Å². The van der Waals surface area contributed by atoms with Crippen LogP contribution in [0.2, 0.25) is 0 Å². The van der Waals surface area contributed by atoms with Gasteiger partial charge in [-0.2, -0.15) is 5.10 Å². The van der Waals surface area contributed by atoms with Crippen LogP contribution in [-0.2, 0) is 4.79 Å². The molecule has 21 heavy (non-hydrogen) atoms. The monoisotopic (exact) mass is 285 g/mol. The molecule has 1 atom stereocenters. The summed E-state index contributed by atoms with van der Waals surface area (Å²) in [5.41, 5.74) is 1.82. The minimum absolute atomic E-state index is 0.0585. The van der Waals surface area contributed by atoms with Gasteiger partial charge in [-0.25, -0.2) is 4.68 Å². The van der Waals surface area contributed by atoms with Gasteiger partial charge in [-0.05, 0) is 24.1 Å². The average Bonchev–Trinajstić information content (AvgIpc) is 3.00. The largest absolute Gasteiger partial charge is 0.396 e. The topological polar surface area (TPSA) is 67.2 Å². The molecule has 0 saturated heterocycles. The number of aliphatic hydroxyl groups is 1. The quantitative estimate of drug-likeness (QED) is 0.793. The molecule has 0 bridgehead atoms. The van der Waals surface area contributed by atoms with E-state index in [1.54, 1.807) is 17.0 Å². The molecule has 5 nitrogen and oxygen atoms in total. The molecule has 1 heterocycles. The SMILES string of the molecule is CC(CO)CNC(=O)/C=C/c1cnn(-c2ccccc2)c1. The smallest absolute Gasteiger partial charge is 0.244 e. The summed E-state index contributed by atoms with van der Waals surface area (Å²) >= 11 is 0. The third kappa shape index (κ3) is 4.57. The molecular weight excluding hydrogens is 266 g/mol. The zero-order valence-corrected chi connectivity index (χ0v) is 11.9. The Morgan fingerprint density at radius 2 is 2.19 bits per heavy atom. The van der Waals surface area contributed by atoms with E-state index >= 15 is 0 Å². The fourth-order valence-electron chi connectivity index (χ4n) is 1.71. The molecule has 0 aliphatic carbocycles. The maximum Gasteiger partial charge on any atom is 0.244 e. The van der Waals surface area contributed by atoms with Crippen LogP contribution in [0.5, 0.6) is 0 Å². The first-order valence-corrected chi connectivity index (χ1v) is 6.86. The van der Waals surface area contributed by atoms with Gasteiger partial charge >= 0.3 is 0 Å². The van der Waals surface area contributed by atoms with Gasteiger partial charge < -0.3 is 10.4 Å². The second-order valence-electron chi connectivity index (χ2n) is 4.92. The maximum absolute atomic E-state index is 11.6. The van der Waals surface area contributed by atoms with Crippen molar-refractivity contribution in [3.8, 4) is 5.69 Å². The molecule has 2 N–H and O–H groups in total. The van der Waals surface area contributed by atoms with E-state index < -0.39 is 0 Å². The van der Waals surface area contributed by atoms with E-state index in [1.807, 2.05) is 43.5 Å². The predicted molar refractivity (Wildman–Crippen MR) is 81.9 cm³/mol. The molecule has 0 saturated carbocycles. The lowest BCUT2D eigenvalue weighted by Gasteiger charge is -2.07. The molecule has 1 amide bonds. The molecule has 2 rings (SSSR count). The Morgan fingerprint density at radius 3 is 2.90 bits per heavy atom. The predicted octanol–water partition coefficient (Wildman–Crippen LogP) is 1.63. The Kier molecular flexibility index (Phi) is 5.29. The van der Waals surface area contributed by atoms with Crippen LogP contribution in [0.3, 0.4) is 0 Å². The maximum atomic E-state index is 11.6. The molecule has 0 aliphatic heterocycles. The lowest BCUT2D eigenvalue weighted by molar-refractivity contribution is -0.116. The molecule has 0 spiro atoms. The first-order chi connectivity index (χ1) is 10.2. The van der Waals surface area contributed by atoms with Crippen LogP contribution in [0.4, 0.5) is 0 Å². The van der Waals surface area contributed by atoms with Gasteiger partial charge in [0.1, 0.15) is 0 Å². The number of nitrogens with zero attached hydrogens (tertiary/aromatic N) is 2. The Balaban J connectivity index is 1.93. The van der Waals surface area contributed by atoms with Gasteiger partial charge in [0.25, 0.3) is 0 Å². The summed E-state index contributed by atoms with van der Waals surface area (Å²) in [6.07, 6.45) is 6.74.